The van der Waals surface area contributed by atoms with Gasteiger partial charge in [-0.15, -0.1) is 16.8 Å². The highest BCUT2D eigenvalue weighted by atomic mass is 32.2. The number of carbonyl (C=O) groups excluding carboxylic acids is 2. The van der Waals surface area contributed by atoms with Crippen LogP contribution in [0.25, 0.3) is 17.1 Å². The molecule has 30 heavy (non-hydrogen) atoms. The van der Waals surface area contributed by atoms with Gasteiger partial charge in [0.25, 0.3) is 0 Å². The molecule has 0 saturated carbocycles. The number of rotatable bonds is 7. The lowest BCUT2D eigenvalue weighted by Gasteiger charge is -2.11. The Morgan fingerprint density at radius 1 is 1.17 bits per heavy atom. The normalized spacial score (nSPS) is 10.5. The summed E-state index contributed by atoms with van der Waals surface area (Å²) in [6.45, 7) is 5.70. The summed E-state index contributed by atoms with van der Waals surface area (Å²) in [6.07, 6.45) is 1.51. The molecule has 3 rings (SSSR count). The number of amides is 3. The van der Waals surface area contributed by atoms with Crippen LogP contribution in [-0.4, -0.2) is 39.0 Å². The number of imide groups is 1. The van der Waals surface area contributed by atoms with E-state index in [2.05, 4.69) is 27.4 Å². The van der Waals surface area contributed by atoms with Crippen molar-refractivity contribution in [2.24, 2.45) is 0 Å². The van der Waals surface area contributed by atoms with E-state index in [0.29, 0.717) is 16.5 Å². The molecule has 1 aromatic heterocycles. The molecule has 7 nitrogen and oxygen atoms in total. The van der Waals surface area contributed by atoms with Crippen molar-refractivity contribution in [3.8, 4) is 17.1 Å². The molecule has 0 spiro atoms. The molecule has 2 N–H and O–H groups in total. The molecule has 1 heterocycles. The van der Waals surface area contributed by atoms with Crippen molar-refractivity contribution in [3.63, 3.8) is 0 Å². The van der Waals surface area contributed by atoms with E-state index in [1.807, 2.05) is 31.2 Å². The highest BCUT2D eigenvalue weighted by Gasteiger charge is 2.19. The monoisotopic (exact) mass is 425 g/mol. The maximum atomic E-state index is 14.4. The summed E-state index contributed by atoms with van der Waals surface area (Å²) < 4.78 is 16.1. The third-order valence-electron chi connectivity index (χ3n) is 4.03. The Hall–Kier alpha value is -3.46. The predicted molar refractivity (Wildman–Crippen MR) is 114 cm³/mol. The Kier molecular flexibility index (Phi) is 6.97. The van der Waals surface area contributed by atoms with Crippen LogP contribution in [0, 0.1) is 12.7 Å². The number of hydrogen-bond acceptors (Lipinski definition) is 5. The summed E-state index contributed by atoms with van der Waals surface area (Å²) >= 11 is 1.10. The van der Waals surface area contributed by atoms with Crippen molar-refractivity contribution in [3.05, 3.63) is 72.6 Å². The van der Waals surface area contributed by atoms with Crippen molar-refractivity contribution in [2.75, 3.05) is 12.3 Å². The first-order valence-corrected chi connectivity index (χ1v) is 10.1. The van der Waals surface area contributed by atoms with Crippen LogP contribution in [0.5, 0.6) is 0 Å². The lowest BCUT2D eigenvalue weighted by Crippen LogP contribution is -2.40. The van der Waals surface area contributed by atoms with Crippen molar-refractivity contribution < 1.29 is 14.0 Å². The predicted octanol–water partition coefficient (Wildman–Crippen LogP) is 3.49. The van der Waals surface area contributed by atoms with Gasteiger partial charge in [-0.25, -0.2) is 9.18 Å². The highest BCUT2D eigenvalue weighted by molar-refractivity contribution is 7.99. The minimum absolute atomic E-state index is 0.0667. The largest absolute Gasteiger partial charge is 0.334 e. The first-order chi connectivity index (χ1) is 14.5. The summed E-state index contributed by atoms with van der Waals surface area (Å²) in [7, 11) is 0. The molecule has 0 aliphatic heterocycles. The molecule has 0 unspecified atom stereocenters. The van der Waals surface area contributed by atoms with E-state index in [-0.39, 0.29) is 12.3 Å². The average molecular weight is 425 g/mol. The van der Waals surface area contributed by atoms with Gasteiger partial charge in [0.15, 0.2) is 11.0 Å². The van der Waals surface area contributed by atoms with Crippen molar-refractivity contribution in [1.82, 2.24) is 25.4 Å². The first-order valence-electron chi connectivity index (χ1n) is 9.08. The molecule has 0 fully saturated rings. The fourth-order valence-corrected chi connectivity index (χ4v) is 3.36. The van der Waals surface area contributed by atoms with E-state index in [9.17, 15) is 14.0 Å². The Balaban J connectivity index is 1.87. The second kappa shape index (κ2) is 9.84. The fraction of sp³-hybridized carbons (Fsp3) is 0.143. The van der Waals surface area contributed by atoms with Gasteiger partial charge in [-0.1, -0.05) is 47.7 Å². The van der Waals surface area contributed by atoms with Gasteiger partial charge in [-0.05, 0) is 31.2 Å². The van der Waals surface area contributed by atoms with Crippen LogP contribution >= 0.6 is 11.8 Å². The zero-order valence-corrected chi connectivity index (χ0v) is 17.1. The van der Waals surface area contributed by atoms with Gasteiger partial charge >= 0.3 is 6.03 Å². The van der Waals surface area contributed by atoms with Crippen molar-refractivity contribution >= 4 is 23.7 Å². The molecule has 0 atom stereocenters. The number of benzene rings is 2. The SMILES string of the molecule is C=CCNC(=O)NC(=O)CSc1nnc(-c2ccccc2F)n1-c1ccc(C)cc1. The molecule has 9 heteroatoms. The molecule has 2 aromatic carbocycles. The quantitative estimate of drug-likeness (QED) is 0.447. The number of nitrogens with zero attached hydrogens (tertiary/aromatic N) is 3. The van der Waals surface area contributed by atoms with Crippen LogP contribution in [0.4, 0.5) is 9.18 Å². The first kappa shape index (κ1) is 21.3. The molecule has 154 valence electrons. The molecule has 0 saturated heterocycles. The molecule has 0 radical (unpaired) electrons. The molecule has 0 bridgehead atoms. The maximum absolute atomic E-state index is 14.4. The minimum Gasteiger partial charge on any atom is -0.334 e. The van der Waals surface area contributed by atoms with E-state index < -0.39 is 17.8 Å². The molecular weight excluding hydrogens is 405 g/mol. The van der Waals surface area contributed by atoms with E-state index in [1.165, 1.54) is 12.1 Å². The van der Waals surface area contributed by atoms with E-state index in [1.54, 1.807) is 22.8 Å². The van der Waals surface area contributed by atoms with Crippen LogP contribution in [0.3, 0.4) is 0 Å². The molecule has 0 aliphatic carbocycles. The molecular formula is C21H20FN5O2S. The molecule has 0 aliphatic rings. The molecule has 3 amide bonds. The van der Waals surface area contributed by atoms with Gasteiger partial charge in [0.2, 0.25) is 5.91 Å². The standard InChI is InChI=1S/C21H20FN5O2S/c1-3-12-23-20(29)24-18(28)13-30-21-26-25-19(16-6-4-5-7-17(16)22)27(21)15-10-8-14(2)9-11-15/h3-11H,1,12-13H2,2H3,(H2,23,24,28,29). The number of carbonyl (C=O) groups is 2. The van der Waals surface area contributed by atoms with Crippen LogP contribution in [0.2, 0.25) is 0 Å². The second-order valence-corrected chi connectivity index (χ2v) is 7.24. The van der Waals surface area contributed by atoms with Gasteiger partial charge in [0.1, 0.15) is 5.82 Å². The number of aryl methyl sites for hydroxylation is 1. The topological polar surface area (TPSA) is 88.9 Å². The average Bonchev–Trinajstić information content (AvgIpc) is 3.15. The van der Waals surface area contributed by atoms with Crippen LogP contribution in [-0.2, 0) is 4.79 Å². The summed E-state index contributed by atoms with van der Waals surface area (Å²) in [6, 6.07) is 13.3. The minimum atomic E-state index is -0.604. The lowest BCUT2D eigenvalue weighted by atomic mass is 10.2. The summed E-state index contributed by atoms with van der Waals surface area (Å²) in [5.74, 6) is -0.662. The zero-order valence-electron chi connectivity index (χ0n) is 16.3. The third-order valence-corrected chi connectivity index (χ3v) is 4.96. The summed E-state index contributed by atoms with van der Waals surface area (Å²) in [5.41, 5.74) is 2.10. The van der Waals surface area contributed by atoms with Gasteiger partial charge in [-0.3, -0.25) is 14.7 Å². The number of aromatic nitrogens is 3. The second-order valence-electron chi connectivity index (χ2n) is 6.29. The van der Waals surface area contributed by atoms with Gasteiger partial charge in [0.05, 0.1) is 11.3 Å². The number of halogens is 1. The van der Waals surface area contributed by atoms with Crippen molar-refractivity contribution in [2.45, 2.75) is 12.1 Å². The summed E-state index contributed by atoms with van der Waals surface area (Å²) in [5, 5.41) is 13.4. The number of hydrogen-bond donors (Lipinski definition) is 2. The third kappa shape index (κ3) is 5.12. The Morgan fingerprint density at radius 3 is 2.60 bits per heavy atom. The summed E-state index contributed by atoms with van der Waals surface area (Å²) in [4.78, 5) is 23.7. The van der Waals surface area contributed by atoms with E-state index in [4.69, 9.17) is 0 Å². The lowest BCUT2D eigenvalue weighted by molar-refractivity contribution is -0.117. The van der Waals surface area contributed by atoms with Crippen LogP contribution < -0.4 is 10.6 Å². The van der Waals surface area contributed by atoms with E-state index >= 15 is 0 Å². The van der Waals surface area contributed by atoms with Gasteiger partial charge in [-0.2, -0.15) is 0 Å². The maximum Gasteiger partial charge on any atom is 0.321 e. The van der Waals surface area contributed by atoms with Crippen molar-refractivity contribution in [1.29, 1.82) is 0 Å². The fourth-order valence-electron chi connectivity index (χ4n) is 2.61. The zero-order chi connectivity index (χ0) is 21.5. The smallest absolute Gasteiger partial charge is 0.321 e. The Morgan fingerprint density at radius 2 is 1.90 bits per heavy atom. The number of nitrogens with one attached hydrogen (secondary N) is 2. The van der Waals surface area contributed by atoms with Crippen LogP contribution in [0.15, 0.2) is 66.3 Å². The van der Waals surface area contributed by atoms with E-state index in [0.717, 1.165) is 23.0 Å². The van der Waals surface area contributed by atoms with Gasteiger partial charge < -0.3 is 5.32 Å². The highest BCUT2D eigenvalue weighted by Crippen LogP contribution is 2.29. The Bertz CT molecular complexity index is 1070. The van der Waals surface area contributed by atoms with Crippen LogP contribution in [0.1, 0.15) is 5.56 Å². The Labute approximate surface area is 177 Å². The molecule has 3 aromatic rings. The number of urea groups is 1. The van der Waals surface area contributed by atoms with Gasteiger partial charge in [0, 0.05) is 12.2 Å². The number of thioether (sulfide) groups is 1.